The molecule has 0 heterocycles. The van der Waals surface area contributed by atoms with Crippen molar-refractivity contribution in [1.29, 1.82) is 0 Å². The summed E-state index contributed by atoms with van der Waals surface area (Å²) in [6.07, 6.45) is 0. The molecule has 4 nitrogen and oxygen atoms in total. The van der Waals surface area contributed by atoms with E-state index in [0.29, 0.717) is 6.67 Å². The van der Waals surface area contributed by atoms with E-state index in [4.69, 9.17) is 10.6 Å². The van der Waals surface area contributed by atoms with Crippen LogP contribution in [0.1, 0.15) is 5.56 Å². The first-order chi connectivity index (χ1) is 6.77. The first-order valence-corrected chi connectivity index (χ1v) is 5.04. The number of hydrogen-bond donors (Lipinski definition) is 3. The van der Waals surface area contributed by atoms with E-state index < -0.39 is 0 Å². The van der Waals surface area contributed by atoms with Crippen LogP contribution >= 0.6 is 15.9 Å². The first-order valence-electron chi connectivity index (χ1n) is 4.24. The number of ether oxygens (including phenoxy) is 1. The van der Waals surface area contributed by atoms with Crippen LogP contribution in [0.3, 0.4) is 0 Å². The van der Waals surface area contributed by atoms with Crippen LogP contribution in [-0.4, -0.2) is 13.8 Å². The molecule has 0 amide bonds. The monoisotopic (exact) mass is 259 g/mol. The molecule has 1 rings (SSSR count). The molecule has 0 atom stereocenters. The fraction of sp³-hybridized carbons (Fsp3) is 0.333. The van der Waals surface area contributed by atoms with Crippen molar-refractivity contribution >= 4 is 15.9 Å². The maximum Gasteiger partial charge on any atom is 0.133 e. The van der Waals surface area contributed by atoms with Gasteiger partial charge in [-0.1, -0.05) is 6.07 Å². The standard InChI is InChI=1S/C9H14BrN3O/c1-14-9-3-2-7(4-8(9)10)5-12-6-13-11/h2-4,12-13H,5-6,11H2,1H3. The third-order valence-electron chi connectivity index (χ3n) is 1.77. The van der Waals surface area contributed by atoms with E-state index in [1.807, 2.05) is 18.2 Å². The lowest BCUT2D eigenvalue weighted by Crippen LogP contribution is -2.33. The van der Waals surface area contributed by atoms with Gasteiger partial charge >= 0.3 is 0 Å². The van der Waals surface area contributed by atoms with Gasteiger partial charge in [-0.15, -0.1) is 0 Å². The summed E-state index contributed by atoms with van der Waals surface area (Å²) >= 11 is 3.42. The highest BCUT2D eigenvalue weighted by Crippen LogP contribution is 2.25. The maximum atomic E-state index is 5.13. The Kier molecular flexibility index (Phi) is 4.89. The molecule has 0 bridgehead atoms. The van der Waals surface area contributed by atoms with Crippen molar-refractivity contribution in [2.75, 3.05) is 13.8 Å². The van der Waals surface area contributed by atoms with Crippen LogP contribution in [-0.2, 0) is 6.54 Å². The third-order valence-corrected chi connectivity index (χ3v) is 2.39. The minimum atomic E-state index is 0.587. The Bertz CT molecular complexity index is 293. The molecule has 0 radical (unpaired) electrons. The normalized spacial score (nSPS) is 10.2. The van der Waals surface area contributed by atoms with Gasteiger partial charge in [-0.05, 0) is 33.6 Å². The van der Waals surface area contributed by atoms with Gasteiger partial charge in [0.15, 0.2) is 0 Å². The molecule has 0 spiro atoms. The van der Waals surface area contributed by atoms with Gasteiger partial charge in [-0.2, -0.15) is 0 Å². The van der Waals surface area contributed by atoms with Crippen molar-refractivity contribution < 1.29 is 4.74 Å². The van der Waals surface area contributed by atoms with Crippen molar-refractivity contribution in [3.8, 4) is 5.75 Å². The number of methoxy groups -OCH3 is 1. The lowest BCUT2D eigenvalue weighted by atomic mass is 10.2. The first kappa shape index (κ1) is 11.5. The lowest BCUT2D eigenvalue weighted by molar-refractivity contribution is 0.412. The molecule has 0 aliphatic heterocycles. The van der Waals surface area contributed by atoms with Crippen molar-refractivity contribution in [3.05, 3.63) is 28.2 Å². The predicted molar refractivity (Wildman–Crippen MR) is 59.7 cm³/mol. The maximum absolute atomic E-state index is 5.13. The second-order valence-electron chi connectivity index (χ2n) is 2.78. The zero-order valence-corrected chi connectivity index (χ0v) is 9.60. The van der Waals surface area contributed by atoms with Gasteiger partial charge in [-0.3, -0.25) is 11.2 Å². The SMILES string of the molecule is COc1ccc(CNCNN)cc1Br. The van der Waals surface area contributed by atoms with E-state index in [1.165, 1.54) is 5.56 Å². The molecule has 5 heteroatoms. The van der Waals surface area contributed by atoms with E-state index in [-0.39, 0.29) is 0 Å². The van der Waals surface area contributed by atoms with Crippen LogP contribution in [0.15, 0.2) is 22.7 Å². The minimum absolute atomic E-state index is 0.587. The van der Waals surface area contributed by atoms with Crippen molar-refractivity contribution in [3.63, 3.8) is 0 Å². The van der Waals surface area contributed by atoms with Gasteiger partial charge in [-0.25, -0.2) is 5.43 Å². The van der Waals surface area contributed by atoms with E-state index in [9.17, 15) is 0 Å². The molecule has 4 N–H and O–H groups in total. The molecule has 0 aliphatic rings. The number of halogens is 1. The van der Waals surface area contributed by atoms with E-state index in [1.54, 1.807) is 7.11 Å². The average Bonchev–Trinajstić information content (AvgIpc) is 2.18. The topological polar surface area (TPSA) is 59.3 Å². The van der Waals surface area contributed by atoms with Gasteiger partial charge in [0.1, 0.15) is 5.75 Å². The van der Waals surface area contributed by atoms with Crippen molar-refractivity contribution in [1.82, 2.24) is 10.7 Å². The number of rotatable bonds is 5. The minimum Gasteiger partial charge on any atom is -0.496 e. The molecule has 0 aliphatic carbocycles. The highest BCUT2D eigenvalue weighted by Gasteiger charge is 2.00. The molecular formula is C9H14BrN3O. The predicted octanol–water partition coefficient (Wildman–Crippen LogP) is 0.968. The molecule has 0 saturated heterocycles. The molecule has 0 fully saturated rings. The summed E-state index contributed by atoms with van der Waals surface area (Å²) < 4.78 is 6.08. The average molecular weight is 260 g/mol. The van der Waals surface area contributed by atoms with Gasteiger partial charge in [0.25, 0.3) is 0 Å². The van der Waals surface area contributed by atoms with Crippen LogP contribution in [0, 0.1) is 0 Å². The van der Waals surface area contributed by atoms with Crippen LogP contribution in [0.2, 0.25) is 0 Å². The Morgan fingerprint density at radius 3 is 2.86 bits per heavy atom. The fourth-order valence-electron chi connectivity index (χ4n) is 1.10. The highest BCUT2D eigenvalue weighted by molar-refractivity contribution is 9.10. The Balaban J connectivity index is 2.57. The molecule has 0 saturated carbocycles. The Morgan fingerprint density at radius 2 is 2.29 bits per heavy atom. The summed E-state index contributed by atoms with van der Waals surface area (Å²) in [4.78, 5) is 0. The molecular weight excluding hydrogens is 246 g/mol. The largest absolute Gasteiger partial charge is 0.496 e. The second-order valence-corrected chi connectivity index (χ2v) is 3.63. The van der Waals surface area contributed by atoms with Crippen molar-refractivity contribution in [2.24, 2.45) is 5.84 Å². The quantitative estimate of drug-likeness (QED) is 0.319. The van der Waals surface area contributed by atoms with E-state index in [0.717, 1.165) is 16.8 Å². The Labute approximate surface area is 91.9 Å². The van der Waals surface area contributed by atoms with Gasteiger partial charge in [0, 0.05) is 6.54 Å². The summed E-state index contributed by atoms with van der Waals surface area (Å²) in [5, 5.41) is 3.12. The molecule has 1 aromatic rings. The summed E-state index contributed by atoms with van der Waals surface area (Å²) in [5.41, 5.74) is 3.70. The second kappa shape index (κ2) is 5.98. The molecule has 0 aromatic heterocycles. The van der Waals surface area contributed by atoms with Gasteiger partial charge < -0.3 is 4.74 Å². The number of nitrogens with one attached hydrogen (secondary N) is 2. The third kappa shape index (κ3) is 3.26. The zero-order valence-electron chi connectivity index (χ0n) is 8.01. The molecule has 14 heavy (non-hydrogen) atoms. The van der Waals surface area contributed by atoms with Crippen LogP contribution in [0.25, 0.3) is 0 Å². The Hall–Kier alpha value is -0.620. The van der Waals surface area contributed by atoms with Crippen LogP contribution in [0.4, 0.5) is 0 Å². The fourth-order valence-corrected chi connectivity index (χ4v) is 1.69. The zero-order chi connectivity index (χ0) is 10.4. The molecule has 0 unspecified atom stereocenters. The number of hydrazine groups is 1. The lowest BCUT2D eigenvalue weighted by Gasteiger charge is -2.07. The van der Waals surface area contributed by atoms with Crippen molar-refractivity contribution in [2.45, 2.75) is 6.54 Å². The summed E-state index contributed by atoms with van der Waals surface area (Å²) in [6.45, 7) is 1.36. The van der Waals surface area contributed by atoms with Gasteiger partial charge in [0.05, 0.1) is 18.3 Å². The molecule has 1 aromatic carbocycles. The van der Waals surface area contributed by atoms with Crippen LogP contribution in [0.5, 0.6) is 5.75 Å². The Morgan fingerprint density at radius 1 is 1.50 bits per heavy atom. The summed E-state index contributed by atoms with van der Waals surface area (Å²) in [7, 11) is 1.65. The smallest absolute Gasteiger partial charge is 0.133 e. The van der Waals surface area contributed by atoms with E-state index in [2.05, 4.69) is 26.7 Å². The summed E-state index contributed by atoms with van der Waals surface area (Å²) in [5.74, 6) is 5.97. The van der Waals surface area contributed by atoms with Gasteiger partial charge in [0.2, 0.25) is 0 Å². The number of nitrogens with two attached hydrogens (primary N) is 1. The van der Waals surface area contributed by atoms with E-state index >= 15 is 0 Å². The highest BCUT2D eigenvalue weighted by atomic mass is 79.9. The summed E-state index contributed by atoms with van der Waals surface area (Å²) in [6, 6.07) is 5.95. The molecule has 78 valence electrons. The number of hydrogen-bond acceptors (Lipinski definition) is 4. The van der Waals surface area contributed by atoms with Crippen LogP contribution < -0.4 is 21.3 Å². The number of benzene rings is 1.